The lowest BCUT2D eigenvalue weighted by Crippen LogP contribution is -2.45. The Labute approximate surface area is 171 Å². The molecule has 1 fully saturated rings. The van der Waals surface area contributed by atoms with E-state index in [0.717, 1.165) is 43.2 Å². The molecule has 0 atom stereocenters. The number of amides is 1. The van der Waals surface area contributed by atoms with E-state index in [2.05, 4.69) is 21.8 Å². The Bertz CT molecular complexity index is 969. The van der Waals surface area contributed by atoms with Crippen molar-refractivity contribution in [2.45, 2.75) is 0 Å². The largest absolute Gasteiger partial charge is 0.354 e. The van der Waals surface area contributed by atoms with Gasteiger partial charge in [0.15, 0.2) is 5.82 Å². The summed E-state index contributed by atoms with van der Waals surface area (Å²) in [7, 11) is 3.90. The Balaban J connectivity index is 1.72. The Morgan fingerprint density at radius 1 is 0.897 bits per heavy atom. The second kappa shape index (κ2) is 8.41. The van der Waals surface area contributed by atoms with Crippen LogP contribution in [0.2, 0.25) is 0 Å². The van der Waals surface area contributed by atoms with Crippen LogP contribution in [-0.2, 0) is 0 Å². The number of para-hydroxylation sites is 1. The highest BCUT2D eigenvalue weighted by molar-refractivity contribution is 6.05. The Kier molecular flexibility index (Phi) is 5.53. The van der Waals surface area contributed by atoms with E-state index in [1.807, 2.05) is 66.7 Å². The van der Waals surface area contributed by atoms with E-state index in [4.69, 9.17) is 4.98 Å². The highest BCUT2D eigenvalue weighted by Crippen LogP contribution is 2.23. The van der Waals surface area contributed by atoms with E-state index < -0.39 is 0 Å². The van der Waals surface area contributed by atoms with Crippen LogP contribution in [0.1, 0.15) is 10.5 Å². The van der Waals surface area contributed by atoms with Crippen molar-refractivity contribution in [3.05, 3.63) is 72.4 Å². The zero-order valence-corrected chi connectivity index (χ0v) is 16.8. The first-order valence-corrected chi connectivity index (χ1v) is 9.83. The predicted molar refractivity (Wildman–Crippen MR) is 116 cm³/mol. The summed E-state index contributed by atoms with van der Waals surface area (Å²) >= 11 is 0. The summed E-state index contributed by atoms with van der Waals surface area (Å²) < 4.78 is 0. The normalized spacial score (nSPS) is 14.6. The van der Waals surface area contributed by atoms with Crippen LogP contribution in [0.5, 0.6) is 0 Å². The molecule has 1 saturated heterocycles. The first kappa shape index (κ1) is 19.1. The Hall–Kier alpha value is -3.25. The van der Waals surface area contributed by atoms with Gasteiger partial charge in [0.2, 0.25) is 0 Å². The lowest BCUT2D eigenvalue weighted by molar-refractivity contribution is 0.0988. The number of rotatable bonds is 4. The molecule has 0 radical (unpaired) electrons. The van der Waals surface area contributed by atoms with Gasteiger partial charge in [0.05, 0.1) is 0 Å². The van der Waals surface area contributed by atoms with E-state index in [0.29, 0.717) is 11.5 Å². The Morgan fingerprint density at radius 2 is 1.52 bits per heavy atom. The van der Waals surface area contributed by atoms with Gasteiger partial charge in [0.1, 0.15) is 11.5 Å². The standard InChI is InChI=1S/C23H25N5O/c1-26-13-15-28(16-14-26)21-17-20(23(29)27(2)19-11-7-4-8-12-19)24-22(25-21)18-9-5-3-6-10-18/h3-12,17H,13-16H2,1-2H3. The predicted octanol–water partition coefficient (Wildman–Crippen LogP) is 3.17. The van der Waals surface area contributed by atoms with Gasteiger partial charge >= 0.3 is 0 Å². The SMILES string of the molecule is CN1CCN(c2cc(C(=O)N(C)c3ccccc3)nc(-c3ccccc3)n2)CC1. The minimum Gasteiger partial charge on any atom is -0.354 e. The number of aromatic nitrogens is 2. The second-order valence-electron chi connectivity index (χ2n) is 7.29. The van der Waals surface area contributed by atoms with Crippen molar-refractivity contribution < 1.29 is 4.79 Å². The van der Waals surface area contributed by atoms with E-state index in [9.17, 15) is 4.79 Å². The lowest BCUT2D eigenvalue weighted by Gasteiger charge is -2.33. The van der Waals surface area contributed by atoms with Crippen molar-refractivity contribution in [1.82, 2.24) is 14.9 Å². The summed E-state index contributed by atoms with van der Waals surface area (Å²) in [6, 6.07) is 21.2. The van der Waals surface area contributed by atoms with Crippen molar-refractivity contribution >= 4 is 17.4 Å². The van der Waals surface area contributed by atoms with E-state index >= 15 is 0 Å². The first-order valence-electron chi connectivity index (χ1n) is 9.83. The summed E-state index contributed by atoms with van der Waals surface area (Å²) in [6.45, 7) is 3.70. The fourth-order valence-electron chi connectivity index (χ4n) is 3.40. The number of piperazine rings is 1. The number of likely N-dealkylation sites (N-methyl/N-ethyl adjacent to an activating group) is 1. The third-order valence-corrected chi connectivity index (χ3v) is 5.24. The number of hydrogen-bond donors (Lipinski definition) is 0. The van der Waals surface area contributed by atoms with Crippen LogP contribution in [0.25, 0.3) is 11.4 Å². The molecule has 2 aromatic carbocycles. The third-order valence-electron chi connectivity index (χ3n) is 5.24. The van der Waals surface area contributed by atoms with Gasteiger partial charge in [-0.3, -0.25) is 4.79 Å². The molecule has 3 aromatic rings. The molecule has 4 rings (SSSR count). The zero-order chi connectivity index (χ0) is 20.2. The van der Waals surface area contributed by atoms with Crippen molar-refractivity contribution in [2.24, 2.45) is 0 Å². The monoisotopic (exact) mass is 387 g/mol. The summed E-state index contributed by atoms with van der Waals surface area (Å²) in [6.07, 6.45) is 0. The third kappa shape index (κ3) is 4.27. The van der Waals surface area contributed by atoms with Crippen LogP contribution in [-0.4, -0.2) is 61.0 Å². The van der Waals surface area contributed by atoms with Crippen LogP contribution in [0, 0.1) is 0 Å². The minimum absolute atomic E-state index is 0.147. The summed E-state index contributed by atoms with van der Waals surface area (Å²) in [5, 5.41) is 0. The molecular weight excluding hydrogens is 362 g/mol. The van der Waals surface area contributed by atoms with E-state index in [1.54, 1.807) is 11.9 Å². The molecule has 0 spiro atoms. The van der Waals surface area contributed by atoms with Crippen molar-refractivity contribution in [3.63, 3.8) is 0 Å². The molecule has 0 bridgehead atoms. The topological polar surface area (TPSA) is 52.6 Å². The molecule has 0 aliphatic carbocycles. The van der Waals surface area contributed by atoms with Gasteiger partial charge in [0, 0.05) is 50.5 Å². The van der Waals surface area contributed by atoms with Gasteiger partial charge < -0.3 is 14.7 Å². The Morgan fingerprint density at radius 3 is 2.17 bits per heavy atom. The van der Waals surface area contributed by atoms with Crippen molar-refractivity contribution in [1.29, 1.82) is 0 Å². The molecule has 1 aliphatic rings. The number of carbonyl (C=O) groups is 1. The van der Waals surface area contributed by atoms with Gasteiger partial charge in [-0.2, -0.15) is 0 Å². The van der Waals surface area contributed by atoms with Crippen LogP contribution in [0.4, 0.5) is 11.5 Å². The number of carbonyl (C=O) groups excluding carboxylic acids is 1. The zero-order valence-electron chi connectivity index (χ0n) is 16.8. The fourth-order valence-corrected chi connectivity index (χ4v) is 3.40. The molecule has 148 valence electrons. The van der Waals surface area contributed by atoms with Gasteiger partial charge in [-0.15, -0.1) is 0 Å². The summed E-state index contributed by atoms with van der Waals surface area (Å²) in [5.74, 6) is 1.23. The molecule has 6 heteroatoms. The maximum absolute atomic E-state index is 13.2. The van der Waals surface area contributed by atoms with Crippen molar-refractivity contribution in [3.8, 4) is 11.4 Å². The molecule has 2 heterocycles. The van der Waals surface area contributed by atoms with Gasteiger partial charge in [-0.05, 0) is 19.2 Å². The molecule has 0 saturated carbocycles. The fraction of sp³-hybridized carbons (Fsp3) is 0.261. The number of hydrogen-bond acceptors (Lipinski definition) is 5. The molecule has 1 aromatic heterocycles. The smallest absolute Gasteiger partial charge is 0.276 e. The van der Waals surface area contributed by atoms with Crippen LogP contribution in [0.3, 0.4) is 0 Å². The molecule has 29 heavy (non-hydrogen) atoms. The van der Waals surface area contributed by atoms with Crippen LogP contribution >= 0.6 is 0 Å². The number of benzene rings is 2. The highest BCUT2D eigenvalue weighted by atomic mass is 16.2. The average molecular weight is 387 g/mol. The van der Waals surface area contributed by atoms with Gasteiger partial charge in [0.25, 0.3) is 5.91 Å². The van der Waals surface area contributed by atoms with E-state index in [-0.39, 0.29) is 5.91 Å². The average Bonchev–Trinajstić information content (AvgIpc) is 2.79. The molecule has 6 nitrogen and oxygen atoms in total. The highest BCUT2D eigenvalue weighted by Gasteiger charge is 2.22. The summed E-state index contributed by atoms with van der Waals surface area (Å²) in [4.78, 5) is 28.8. The van der Waals surface area contributed by atoms with Gasteiger partial charge in [-0.1, -0.05) is 48.5 Å². The number of anilines is 2. The molecule has 0 N–H and O–H groups in total. The molecule has 0 unspecified atom stereocenters. The summed E-state index contributed by atoms with van der Waals surface area (Å²) in [5.41, 5.74) is 2.14. The van der Waals surface area contributed by atoms with Crippen LogP contribution < -0.4 is 9.80 Å². The second-order valence-corrected chi connectivity index (χ2v) is 7.29. The van der Waals surface area contributed by atoms with Crippen LogP contribution in [0.15, 0.2) is 66.7 Å². The first-order chi connectivity index (χ1) is 14.1. The quantitative estimate of drug-likeness (QED) is 0.688. The molecular formula is C23H25N5O. The van der Waals surface area contributed by atoms with Crippen molar-refractivity contribution in [2.75, 3.05) is 50.1 Å². The maximum Gasteiger partial charge on any atom is 0.276 e. The van der Waals surface area contributed by atoms with E-state index in [1.165, 1.54) is 0 Å². The molecule has 1 amide bonds. The van der Waals surface area contributed by atoms with Gasteiger partial charge in [-0.25, -0.2) is 9.97 Å². The lowest BCUT2D eigenvalue weighted by atomic mass is 10.2. The number of nitrogens with zero attached hydrogens (tertiary/aromatic N) is 5. The maximum atomic E-state index is 13.2. The molecule has 1 aliphatic heterocycles. The minimum atomic E-state index is -0.147.